The third kappa shape index (κ3) is 4.22. The molecule has 8 heteroatoms. The van der Waals surface area contributed by atoms with Crippen molar-refractivity contribution < 1.29 is 28.8 Å². The van der Waals surface area contributed by atoms with Gasteiger partial charge in [0.15, 0.2) is 6.04 Å². The molecule has 0 radical (unpaired) electrons. The molecule has 8 nitrogen and oxygen atoms in total. The van der Waals surface area contributed by atoms with Gasteiger partial charge in [-0.25, -0.2) is 4.90 Å². The van der Waals surface area contributed by atoms with E-state index in [0.717, 1.165) is 4.90 Å². The topological polar surface area (TPSA) is 97.2 Å². The van der Waals surface area contributed by atoms with Crippen molar-refractivity contribution in [2.45, 2.75) is 39.2 Å². The van der Waals surface area contributed by atoms with Crippen LogP contribution in [0.5, 0.6) is 0 Å². The molecule has 150 valence electrons. The lowest BCUT2D eigenvalue weighted by Crippen LogP contribution is -3.17. The standard InChI is InChI=1S/C20H25N3O5/c1-3-28-20(27)14-8-10-22(11-9-14)17-12-18(25)23(19(17)26)16-6-4-15(5-7-16)21-13(2)24/h4-7,14,17H,3,8-12H2,1-2H3,(H,21,24)/p+1/t17-/m1/s1. The number of carbonyl (C=O) groups is 4. The van der Waals surface area contributed by atoms with E-state index in [1.54, 1.807) is 31.2 Å². The predicted octanol–water partition coefficient (Wildman–Crippen LogP) is 0.135. The van der Waals surface area contributed by atoms with Crippen molar-refractivity contribution in [3.63, 3.8) is 0 Å². The van der Waals surface area contributed by atoms with Gasteiger partial charge in [-0.15, -0.1) is 0 Å². The number of rotatable bonds is 5. The van der Waals surface area contributed by atoms with Crippen LogP contribution in [0.25, 0.3) is 0 Å². The van der Waals surface area contributed by atoms with Gasteiger partial charge in [0.25, 0.3) is 5.91 Å². The number of likely N-dealkylation sites (tertiary alicyclic amines) is 1. The Hall–Kier alpha value is -2.74. The number of esters is 1. The zero-order chi connectivity index (χ0) is 20.3. The molecule has 0 aliphatic carbocycles. The van der Waals surface area contributed by atoms with Gasteiger partial charge in [0.1, 0.15) is 0 Å². The Bertz CT molecular complexity index is 769. The molecule has 2 N–H and O–H groups in total. The SMILES string of the molecule is CCOC(=O)C1CC[NH+]([C@@H]2CC(=O)N(c3ccc(NC(C)=O)cc3)C2=O)CC1. The van der Waals surface area contributed by atoms with E-state index >= 15 is 0 Å². The van der Waals surface area contributed by atoms with Crippen LogP contribution >= 0.6 is 0 Å². The predicted molar refractivity (Wildman–Crippen MR) is 102 cm³/mol. The Morgan fingerprint density at radius 3 is 2.39 bits per heavy atom. The lowest BCUT2D eigenvalue weighted by Gasteiger charge is -2.31. The monoisotopic (exact) mass is 388 g/mol. The number of benzene rings is 1. The van der Waals surface area contributed by atoms with Crippen molar-refractivity contribution in [1.29, 1.82) is 0 Å². The Morgan fingerprint density at radius 1 is 1.18 bits per heavy atom. The first-order valence-electron chi connectivity index (χ1n) is 9.66. The number of amides is 3. The zero-order valence-electron chi connectivity index (χ0n) is 16.2. The maximum atomic E-state index is 12.9. The van der Waals surface area contributed by atoms with Crippen LogP contribution in [0.2, 0.25) is 0 Å². The van der Waals surface area contributed by atoms with E-state index in [9.17, 15) is 19.2 Å². The molecule has 0 spiro atoms. The molecule has 1 atom stereocenters. The second-order valence-corrected chi connectivity index (χ2v) is 7.24. The maximum absolute atomic E-state index is 12.9. The Labute approximate surface area is 163 Å². The van der Waals surface area contributed by atoms with Crippen molar-refractivity contribution in [2.75, 3.05) is 29.9 Å². The number of ether oxygens (including phenoxy) is 1. The summed E-state index contributed by atoms with van der Waals surface area (Å²) in [6.07, 6.45) is 1.50. The van der Waals surface area contributed by atoms with Crippen LogP contribution in [0.15, 0.2) is 24.3 Å². The molecular formula is C20H26N3O5+. The quantitative estimate of drug-likeness (QED) is 0.552. The van der Waals surface area contributed by atoms with Gasteiger partial charge in [0.2, 0.25) is 11.8 Å². The Balaban J connectivity index is 1.64. The first-order chi connectivity index (χ1) is 13.4. The lowest BCUT2D eigenvalue weighted by atomic mass is 9.95. The highest BCUT2D eigenvalue weighted by Gasteiger charge is 2.47. The van der Waals surface area contributed by atoms with Crippen molar-refractivity contribution >= 4 is 35.1 Å². The number of nitrogens with one attached hydrogen (secondary N) is 2. The molecule has 0 unspecified atom stereocenters. The average Bonchev–Trinajstić information content (AvgIpc) is 2.97. The minimum Gasteiger partial charge on any atom is -0.466 e. The normalized spacial score (nSPS) is 24.9. The minimum absolute atomic E-state index is 0.117. The molecule has 28 heavy (non-hydrogen) atoms. The molecule has 1 aromatic carbocycles. The molecular weight excluding hydrogens is 362 g/mol. The summed E-state index contributed by atoms with van der Waals surface area (Å²) in [5.74, 6) is -0.898. The molecule has 2 aliphatic heterocycles. The van der Waals surface area contributed by atoms with Crippen LogP contribution in [0, 0.1) is 5.92 Å². The van der Waals surface area contributed by atoms with Crippen LogP contribution in [0.4, 0.5) is 11.4 Å². The first kappa shape index (κ1) is 20.0. The lowest BCUT2D eigenvalue weighted by molar-refractivity contribution is -0.920. The number of imide groups is 1. The molecule has 2 aliphatic rings. The second-order valence-electron chi connectivity index (χ2n) is 7.24. The summed E-state index contributed by atoms with van der Waals surface area (Å²) >= 11 is 0. The molecule has 1 aromatic rings. The van der Waals surface area contributed by atoms with Gasteiger partial charge in [-0.05, 0) is 31.2 Å². The Morgan fingerprint density at radius 2 is 1.82 bits per heavy atom. The van der Waals surface area contributed by atoms with Gasteiger partial charge in [-0.3, -0.25) is 19.2 Å². The van der Waals surface area contributed by atoms with Crippen molar-refractivity contribution in [3.8, 4) is 0 Å². The summed E-state index contributed by atoms with van der Waals surface area (Å²) < 4.78 is 5.09. The van der Waals surface area contributed by atoms with Crippen molar-refractivity contribution in [3.05, 3.63) is 24.3 Å². The van der Waals surface area contributed by atoms with Crippen molar-refractivity contribution in [2.24, 2.45) is 5.92 Å². The summed E-state index contributed by atoms with van der Waals surface area (Å²) in [7, 11) is 0. The Kier molecular flexibility index (Phi) is 6.08. The van der Waals surface area contributed by atoms with E-state index in [-0.39, 0.29) is 36.0 Å². The average molecular weight is 388 g/mol. The number of nitrogens with zero attached hydrogens (tertiary/aromatic N) is 1. The van der Waals surface area contributed by atoms with Gasteiger partial charge in [-0.1, -0.05) is 0 Å². The number of quaternary nitrogens is 1. The fourth-order valence-electron chi connectivity index (χ4n) is 3.95. The third-order valence-electron chi connectivity index (χ3n) is 5.33. The first-order valence-corrected chi connectivity index (χ1v) is 9.66. The van der Waals surface area contributed by atoms with Gasteiger partial charge in [0, 0.05) is 25.5 Å². The molecule has 3 rings (SSSR count). The van der Waals surface area contributed by atoms with Crippen LogP contribution in [0.3, 0.4) is 0 Å². The largest absolute Gasteiger partial charge is 0.466 e. The number of carbonyl (C=O) groups excluding carboxylic acids is 4. The summed E-state index contributed by atoms with van der Waals surface area (Å²) in [4.78, 5) is 50.7. The van der Waals surface area contributed by atoms with Crippen LogP contribution in [-0.4, -0.2) is 49.4 Å². The summed E-state index contributed by atoms with van der Waals surface area (Å²) in [5.41, 5.74) is 1.12. The van der Waals surface area contributed by atoms with E-state index in [1.807, 2.05) is 0 Å². The fourth-order valence-corrected chi connectivity index (χ4v) is 3.95. The van der Waals surface area contributed by atoms with Gasteiger partial charge >= 0.3 is 5.97 Å². The second kappa shape index (κ2) is 8.52. The van der Waals surface area contributed by atoms with Crippen LogP contribution in [0.1, 0.15) is 33.1 Å². The highest BCUT2D eigenvalue weighted by Crippen LogP contribution is 2.24. The summed E-state index contributed by atoms with van der Waals surface area (Å²) in [5, 5.41) is 2.66. The third-order valence-corrected chi connectivity index (χ3v) is 5.33. The molecule has 2 saturated heterocycles. The van der Waals surface area contributed by atoms with Gasteiger partial charge in [0.05, 0.1) is 37.7 Å². The molecule has 2 heterocycles. The van der Waals surface area contributed by atoms with E-state index in [2.05, 4.69) is 5.32 Å². The van der Waals surface area contributed by atoms with Crippen molar-refractivity contribution in [1.82, 2.24) is 0 Å². The molecule has 0 saturated carbocycles. The summed E-state index contributed by atoms with van der Waals surface area (Å²) in [6.45, 7) is 4.92. The van der Waals surface area contributed by atoms with E-state index < -0.39 is 6.04 Å². The highest BCUT2D eigenvalue weighted by molar-refractivity contribution is 6.21. The number of hydrogen-bond donors (Lipinski definition) is 2. The van der Waals surface area contributed by atoms with Gasteiger partial charge in [-0.2, -0.15) is 0 Å². The van der Waals surface area contributed by atoms with Crippen LogP contribution in [-0.2, 0) is 23.9 Å². The number of anilines is 2. The van der Waals surface area contributed by atoms with E-state index in [0.29, 0.717) is 43.9 Å². The smallest absolute Gasteiger partial charge is 0.309 e. The molecule has 3 amide bonds. The van der Waals surface area contributed by atoms with Gasteiger partial charge < -0.3 is 15.0 Å². The molecule has 2 fully saturated rings. The van der Waals surface area contributed by atoms with E-state index in [1.165, 1.54) is 11.8 Å². The zero-order valence-corrected chi connectivity index (χ0v) is 16.2. The fraction of sp³-hybridized carbons (Fsp3) is 0.500. The highest BCUT2D eigenvalue weighted by atomic mass is 16.5. The molecule has 0 bridgehead atoms. The van der Waals surface area contributed by atoms with Crippen LogP contribution < -0.4 is 15.1 Å². The minimum atomic E-state index is -0.411. The summed E-state index contributed by atoms with van der Waals surface area (Å²) in [6, 6.07) is 6.24. The maximum Gasteiger partial charge on any atom is 0.309 e. The number of piperidine rings is 1. The van der Waals surface area contributed by atoms with E-state index in [4.69, 9.17) is 4.74 Å². The number of hydrogen-bond acceptors (Lipinski definition) is 5. The molecule has 0 aromatic heterocycles.